The zero-order valence-electron chi connectivity index (χ0n) is 7.72. The van der Waals surface area contributed by atoms with Crippen molar-refractivity contribution < 1.29 is 0 Å². The molecule has 0 aliphatic rings. The number of pyridine rings is 2. The van der Waals surface area contributed by atoms with Crippen LogP contribution in [-0.2, 0) is 0 Å². The van der Waals surface area contributed by atoms with Gasteiger partial charge in [0.25, 0.3) is 0 Å². The minimum Gasteiger partial charge on any atom is -0.399 e. The van der Waals surface area contributed by atoms with Crippen molar-refractivity contribution >= 4 is 29.1 Å². The summed E-state index contributed by atoms with van der Waals surface area (Å²) < 4.78 is 0. The highest BCUT2D eigenvalue weighted by atomic mass is 35.5. The molecule has 0 spiro atoms. The number of hydrogen-bond acceptors (Lipinski definition) is 4. The molecule has 0 unspecified atom stereocenters. The van der Waals surface area contributed by atoms with Crippen LogP contribution in [0.25, 0.3) is 0 Å². The molecule has 2 aromatic rings. The molecule has 0 bridgehead atoms. The molecule has 0 fully saturated rings. The van der Waals surface area contributed by atoms with Crippen molar-refractivity contribution in [2.24, 2.45) is 0 Å². The second kappa shape index (κ2) is 4.51. The van der Waals surface area contributed by atoms with Gasteiger partial charge in [0.2, 0.25) is 0 Å². The van der Waals surface area contributed by atoms with E-state index in [2.05, 4.69) is 9.97 Å². The van der Waals surface area contributed by atoms with Crippen LogP contribution in [0, 0.1) is 0 Å². The number of rotatable bonds is 2. The molecule has 0 aliphatic carbocycles. The fourth-order valence-electron chi connectivity index (χ4n) is 1.06. The van der Waals surface area contributed by atoms with Crippen LogP contribution in [-0.4, -0.2) is 9.97 Å². The Morgan fingerprint density at radius 3 is 2.73 bits per heavy atom. The molecule has 3 nitrogen and oxygen atoms in total. The summed E-state index contributed by atoms with van der Waals surface area (Å²) in [5.41, 5.74) is 6.26. The summed E-state index contributed by atoms with van der Waals surface area (Å²) >= 11 is 7.22. The van der Waals surface area contributed by atoms with E-state index in [1.165, 1.54) is 11.8 Å². The Balaban J connectivity index is 2.25. The molecule has 0 saturated heterocycles. The molecule has 2 heterocycles. The smallest absolute Gasteiger partial charge is 0.132 e. The van der Waals surface area contributed by atoms with E-state index in [-0.39, 0.29) is 0 Å². The summed E-state index contributed by atoms with van der Waals surface area (Å²) in [6.45, 7) is 0. The maximum absolute atomic E-state index is 5.79. The van der Waals surface area contributed by atoms with E-state index in [1.807, 2.05) is 18.2 Å². The van der Waals surface area contributed by atoms with Gasteiger partial charge in [-0.2, -0.15) is 0 Å². The quantitative estimate of drug-likeness (QED) is 0.816. The van der Waals surface area contributed by atoms with Crippen molar-refractivity contribution in [2.45, 2.75) is 10.1 Å². The van der Waals surface area contributed by atoms with E-state index in [0.29, 0.717) is 10.8 Å². The Hall–Kier alpha value is -1.26. The SMILES string of the molecule is Nc1cc(Cl)nc(Sc2ccccn2)c1. The fourth-order valence-corrected chi connectivity index (χ4v) is 2.14. The number of nitrogens with zero attached hydrogens (tertiary/aromatic N) is 2. The maximum atomic E-state index is 5.79. The zero-order valence-corrected chi connectivity index (χ0v) is 9.29. The molecule has 0 amide bonds. The molecular formula is C10H8ClN3S. The van der Waals surface area contributed by atoms with Crippen LogP contribution >= 0.6 is 23.4 Å². The molecule has 0 aliphatic heterocycles. The number of hydrogen-bond donors (Lipinski definition) is 1. The largest absolute Gasteiger partial charge is 0.399 e. The van der Waals surface area contributed by atoms with E-state index in [4.69, 9.17) is 17.3 Å². The third-order valence-electron chi connectivity index (χ3n) is 1.64. The van der Waals surface area contributed by atoms with E-state index >= 15 is 0 Å². The van der Waals surface area contributed by atoms with Crippen LogP contribution in [0.15, 0.2) is 46.6 Å². The van der Waals surface area contributed by atoms with Crippen molar-refractivity contribution in [1.82, 2.24) is 9.97 Å². The molecule has 2 rings (SSSR count). The molecule has 0 aromatic carbocycles. The van der Waals surface area contributed by atoms with E-state index in [1.54, 1.807) is 18.3 Å². The van der Waals surface area contributed by atoms with Crippen LogP contribution in [0.1, 0.15) is 0 Å². The Labute approximate surface area is 96.7 Å². The van der Waals surface area contributed by atoms with Gasteiger partial charge in [-0.25, -0.2) is 9.97 Å². The lowest BCUT2D eigenvalue weighted by atomic mass is 10.4. The molecular weight excluding hydrogens is 230 g/mol. The molecule has 2 N–H and O–H groups in total. The van der Waals surface area contributed by atoms with Crippen molar-refractivity contribution in [3.63, 3.8) is 0 Å². The maximum Gasteiger partial charge on any atom is 0.132 e. The van der Waals surface area contributed by atoms with Crippen LogP contribution in [0.4, 0.5) is 5.69 Å². The number of aromatic nitrogens is 2. The second-order valence-corrected chi connectivity index (χ2v) is 4.26. The van der Waals surface area contributed by atoms with E-state index in [0.717, 1.165) is 10.1 Å². The predicted molar refractivity (Wildman–Crippen MR) is 62.0 cm³/mol. The third kappa shape index (κ3) is 2.84. The first-order valence-corrected chi connectivity index (χ1v) is 5.45. The lowest BCUT2D eigenvalue weighted by Gasteiger charge is -2.01. The van der Waals surface area contributed by atoms with Crippen LogP contribution < -0.4 is 5.73 Å². The number of nitrogens with two attached hydrogens (primary N) is 1. The van der Waals surface area contributed by atoms with Gasteiger partial charge < -0.3 is 5.73 Å². The van der Waals surface area contributed by atoms with Crippen molar-refractivity contribution in [1.29, 1.82) is 0 Å². The lowest BCUT2D eigenvalue weighted by Crippen LogP contribution is -1.89. The molecule has 0 atom stereocenters. The third-order valence-corrected chi connectivity index (χ3v) is 2.70. The molecule has 5 heteroatoms. The number of anilines is 1. The molecule has 2 aromatic heterocycles. The van der Waals surface area contributed by atoms with E-state index in [9.17, 15) is 0 Å². The molecule has 0 saturated carbocycles. The zero-order chi connectivity index (χ0) is 10.7. The Morgan fingerprint density at radius 2 is 2.07 bits per heavy atom. The Kier molecular flexibility index (Phi) is 3.08. The predicted octanol–water partition coefficient (Wildman–Crippen LogP) is 2.86. The van der Waals surface area contributed by atoms with Gasteiger partial charge in [-0.3, -0.25) is 0 Å². The standard InChI is InChI=1S/C10H8ClN3S/c11-8-5-7(12)6-10(14-8)15-9-3-1-2-4-13-9/h1-6H,(H2,12,14). The van der Waals surface area contributed by atoms with E-state index < -0.39 is 0 Å². The van der Waals surface area contributed by atoms with Crippen LogP contribution in [0.3, 0.4) is 0 Å². The highest BCUT2D eigenvalue weighted by Crippen LogP contribution is 2.26. The van der Waals surface area contributed by atoms with Gasteiger partial charge in [-0.1, -0.05) is 17.7 Å². The van der Waals surface area contributed by atoms with Crippen molar-refractivity contribution in [3.05, 3.63) is 41.7 Å². The first-order chi connectivity index (χ1) is 7.24. The van der Waals surface area contributed by atoms with Gasteiger partial charge in [0, 0.05) is 11.9 Å². The van der Waals surface area contributed by atoms with Gasteiger partial charge in [0.15, 0.2) is 0 Å². The summed E-state index contributed by atoms with van der Waals surface area (Å²) in [6.07, 6.45) is 1.73. The number of halogens is 1. The van der Waals surface area contributed by atoms with Crippen molar-refractivity contribution in [2.75, 3.05) is 5.73 Å². The average molecular weight is 238 g/mol. The Bertz CT molecular complexity index is 441. The first-order valence-electron chi connectivity index (χ1n) is 4.26. The number of nitrogen functional groups attached to an aromatic ring is 1. The second-order valence-electron chi connectivity index (χ2n) is 2.83. The minimum absolute atomic E-state index is 0.397. The average Bonchev–Trinajstić information content (AvgIpc) is 2.17. The summed E-state index contributed by atoms with van der Waals surface area (Å²) in [4.78, 5) is 8.31. The van der Waals surface area contributed by atoms with Crippen molar-refractivity contribution in [3.8, 4) is 0 Å². The van der Waals surface area contributed by atoms with Crippen LogP contribution in [0.5, 0.6) is 0 Å². The normalized spacial score (nSPS) is 10.2. The summed E-state index contributed by atoms with van der Waals surface area (Å²) in [7, 11) is 0. The molecule has 76 valence electrons. The first kappa shape index (κ1) is 10.3. The highest BCUT2D eigenvalue weighted by molar-refractivity contribution is 7.99. The summed E-state index contributed by atoms with van der Waals surface area (Å²) in [5.74, 6) is 0. The van der Waals surface area contributed by atoms with Gasteiger partial charge in [0.1, 0.15) is 15.2 Å². The van der Waals surface area contributed by atoms with Gasteiger partial charge in [0.05, 0.1) is 0 Å². The summed E-state index contributed by atoms with van der Waals surface area (Å²) in [5, 5.41) is 2.01. The Morgan fingerprint density at radius 1 is 1.20 bits per heavy atom. The molecule has 15 heavy (non-hydrogen) atoms. The minimum atomic E-state index is 0.397. The highest BCUT2D eigenvalue weighted by Gasteiger charge is 2.02. The monoisotopic (exact) mass is 237 g/mol. The fraction of sp³-hybridized carbons (Fsp3) is 0. The lowest BCUT2D eigenvalue weighted by molar-refractivity contribution is 1.09. The molecule has 0 radical (unpaired) electrons. The topological polar surface area (TPSA) is 51.8 Å². The van der Waals surface area contributed by atoms with Gasteiger partial charge in [-0.15, -0.1) is 0 Å². The van der Waals surface area contributed by atoms with Gasteiger partial charge >= 0.3 is 0 Å². The summed E-state index contributed by atoms with van der Waals surface area (Å²) in [6, 6.07) is 9.08. The van der Waals surface area contributed by atoms with Crippen LogP contribution in [0.2, 0.25) is 5.15 Å². The van der Waals surface area contributed by atoms with Gasteiger partial charge in [-0.05, 0) is 36.0 Å².